The summed E-state index contributed by atoms with van der Waals surface area (Å²) in [6.45, 7) is 1.73. The Bertz CT molecular complexity index is 724. The van der Waals surface area contributed by atoms with Crippen molar-refractivity contribution in [3.8, 4) is 11.5 Å². The van der Waals surface area contributed by atoms with E-state index in [2.05, 4.69) is 15.6 Å². The van der Waals surface area contributed by atoms with E-state index < -0.39 is 5.91 Å². The molecule has 1 aromatic heterocycles. The van der Waals surface area contributed by atoms with Crippen LogP contribution in [0, 0.1) is 6.92 Å². The number of amides is 2. The molecule has 24 heavy (non-hydrogen) atoms. The standard InChI is InChI=1S/C17H19N3O4/c1-11-4-5-18-15(6-11)20-16(21)10-19-17(22)12-7-13(23-2)9-14(8-12)24-3/h4-9H,10H2,1-3H3,(H,19,22)(H,18,20,21). The number of nitrogens with one attached hydrogen (secondary N) is 2. The maximum Gasteiger partial charge on any atom is 0.251 e. The number of methoxy groups -OCH3 is 2. The Morgan fingerprint density at radius 2 is 1.75 bits per heavy atom. The second-order valence-corrected chi connectivity index (χ2v) is 5.05. The number of carbonyl (C=O) groups excluding carboxylic acids is 2. The van der Waals surface area contributed by atoms with Crippen molar-refractivity contribution in [2.75, 3.05) is 26.1 Å². The number of nitrogens with zero attached hydrogens (tertiary/aromatic N) is 1. The Labute approximate surface area is 140 Å². The SMILES string of the molecule is COc1cc(OC)cc(C(=O)NCC(=O)Nc2cc(C)ccn2)c1. The molecule has 1 aromatic carbocycles. The molecule has 0 radical (unpaired) electrons. The first-order valence-electron chi connectivity index (χ1n) is 7.25. The highest BCUT2D eigenvalue weighted by atomic mass is 16.5. The van der Waals surface area contributed by atoms with Crippen LogP contribution in [-0.2, 0) is 4.79 Å². The van der Waals surface area contributed by atoms with Gasteiger partial charge in [0.05, 0.1) is 20.8 Å². The van der Waals surface area contributed by atoms with E-state index >= 15 is 0 Å². The molecule has 1 heterocycles. The summed E-state index contributed by atoms with van der Waals surface area (Å²) < 4.78 is 10.2. The van der Waals surface area contributed by atoms with Crippen molar-refractivity contribution in [3.05, 3.63) is 47.7 Å². The molecule has 126 valence electrons. The van der Waals surface area contributed by atoms with Gasteiger partial charge in [0, 0.05) is 17.8 Å². The highest BCUT2D eigenvalue weighted by Crippen LogP contribution is 2.22. The fourth-order valence-corrected chi connectivity index (χ4v) is 1.99. The molecule has 0 unspecified atom stereocenters. The molecule has 0 aliphatic rings. The largest absolute Gasteiger partial charge is 0.497 e. The van der Waals surface area contributed by atoms with Crippen LogP contribution < -0.4 is 20.1 Å². The lowest BCUT2D eigenvalue weighted by atomic mass is 10.2. The molecule has 0 aliphatic carbocycles. The fourth-order valence-electron chi connectivity index (χ4n) is 1.99. The van der Waals surface area contributed by atoms with Crippen LogP contribution >= 0.6 is 0 Å². The molecule has 2 amide bonds. The van der Waals surface area contributed by atoms with E-state index in [0.29, 0.717) is 22.9 Å². The van der Waals surface area contributed by atoms with E-state index in [-0.39, 0.29) is 12.5 Å². The molecule has 7 heteroatoms. The minimum atomic E-state index is -0.403. The van der Waals surface area contributed by atoms with Gasteiger partial charge in [0.1, 0.15) is 17.3 Å². The number of pyridine rings is 1. The molecule has 0 atom stereocenters. The summed E-state index contributed by atoms with van der Waals surface area (Å²) in [5.74, 6) is 0.661. The van der Waals surface area contributed by atoms with Gasteiger partial charge < -0.3 is 20.1 Å². The second kappa shape index (κ2) is 7.96. The van der Waals surface area contributed by atoms with Crippen molar-refractivity contribution in [2.45, 2.75) is 6.92 Å². The van der Waals surface area contributed by atoms with Crippen LogP contribution in [0.15, 0.2) is 36.5 Å². The average Bonchev–Trinajstić information content (AvgIpc) is 2.59. The molecule has 0 saturated carbocycles. The van der Waals surface area contributed by atoms with Crippen molar-refractivity contribution >= 4 is 17.6 Å². The molecule has 2 N–H and O–H groups in total. The van der Waals surface area contributed by atoms with Crippen LogP contribution in [-0.4, -0.2) is 37.6 Å². The van der Waals surface area contributed by atoms with Gasteiger partial charge in [0.2, 0.25) is 5.91 Å². The summed E-state index contributed by atoms with van der Waals surface area (Å²) in [7, 11) is 3.00. The Balaban J connectivity index is 1.96. The van der Waals surface area contributed by atoms with E-state index in [1.807, 2.05) is 13.0 Å². The van der Waals surface area contributed by atoms with Crippen molar-refractivity contribution in [1.82, 2.24) is 10.3 Å². The van der Waals surface area contributed by atoms with Crippen LogP contribution in [0.3, 0.4) is 0 Å². The summed E-state index contributed by atoms with van der Waals surface area (Å²) in [5, 5.41) is 5.17. The van der Waals surface area contributed by atoms with Gasteiger partial charge in [-0.15, -0.1) is 0 Å². The Morgan fingerprint density at radius 3 is 2.33 bits per heavy atom. The van der Waals surface area contributed by atoms with Crippen molar-refractivity contribution < 1.29 is 19.1 Å². The molecular formula is C17H19N3O4. The predicted octanol–water partition coefficient (Wildman–Crippen LogP) is 1.78. The third-order valence-corrected chi connectivity index (χ3v) is 3.21. The zero-order chi connectivity index (χ0) is 17.5. The summed E-state index contributed by atoms with van der Waals surface area (Å²) >= 11 is 0. The molecule has 2 rings (SSSR count). The van der Waals surface area contributed by atoms with E-state index in [1.165, 1.54) is 14.2 Å². The molecule has 0 spiro atoms. The van der Waals surface area contributed by atoms with Crippen molar-refractivity contribution in [1.29, 1.82) is 0 Å². The van der Waals surface area contributed by atoms with Gasteiger partial charge in [0.25, 0.3) is 5.91 Å². The van der Waals surface area contributed by atoms with Crippen LogP contribution in [0.5, 0.6) is 11.5 Å². The van der Waals surface area contributed by atoms with Crippen molar-refractivity contribution in [3.63, 3.8) is 0 Å². The second-order valence-electron chi connectivity index (χ2n) is 5.05. The molecular weight excluding hydrogens is 310 g/mol. The highest BCUT2D eigenvalue weighted by Gasteiger charge is 2.11. The number of hydrogen-bond acceptors (Lipinski definition) is 5. The number of ether oxygens (including phenoxy) is 2. The molecule has 2 aromatic rings. The number of aromatic nitrogens is 1. The van der Waals surface area contributed by atoms with Gasteiger partial charge in [-0.25, -0.2) is 4.98 Å². The molecule has 0 fully saturated rings. The number of anilines is 1. The molecule has 0 bridgehead atoms. The van der Waals surface area contributed by atoms with Gasteiger partial charge in [-0.2, -0.15) is 0 Å². The van der Waals surface area contributed by atoms with Crippen molar-refractivity contribution in [2.24, 2.45) is 0 Å². The summed E-state index contributed by atoms with van der Waals surface area (Å²) in [6.07, 6.45) is 1.60. The number of aryl methyl sites for hydroxylation is 1. The number of carbonyl (C=O) groups is 2. The maximum atomic E-state index is 12.2. The minimum absolute atomic E-state index is 0.173. The average molecular weight is 329 g/mol. The summed E-state index contributed by atoms with van der Waals surface area (Å²) in [6, 6.07) is 8.36. The third-order valence-electron chi connectivity index (χ3n) is 3.21. The van der Waals surface area contributed by atoms with E-state index in [4.69, 9.17) is 9.47 Å². The predicted molar refractivity (Wildman–Crippen MR) is 89.5 cm³/mol. The number of rotatable bonds is 6. The monoisotopic (exact) mass is 329 g/mol. The van der Waals surface area contributed by atoms with Gasteiger partial charge in [-0.05, 0) is 36.8 Å². The van der Waals surface area contributed by atoms with Crippen LogP contribution in [0.25, 0.3) is 0 Å². The first kappa shape index (κ1) is 17.3. The van der Waals surface area contributed by atoms with Gasteiger partial charge >= 0.3 is 0 Å². The number of hydrogen-bond donors (Lipinski definition) is 2. The van der Waals surface area contributed by atoms with Crippen LogP contribution in [0.1, 0.15) is 15.9 Å². The fraction of sp³-hybridized carbons (Fsp3) is 0.235. The van der Waals surface area contributed by atoms with Gasteiger partial charge in [-0.1, -0.05) is 0 Å². The maximum absolute atomic E-state index is 12.2. The zero-order valence-corrected chi connectivity index (χ0v) is 13.8. The smallest absolute Gasteiger partial charge is 0.251 e. The Morgan fingerprint density at radius 1 is 1.08 bits per heavy atom. The van der Waals surface area contributed by atoms with E-state index in [0.717, 1.165) is 5.56 Å². The minimum Gasteiger partial charge on any atom is -0.497 e. The molecule has 7 nitrogen and oxygen atoms in total. The quantitative estimate of drug-likeness (QED) is 0.843. The lowest BCUT2D eigenvalue weighted by Crippen LogP contribution is -2.33. The van der Waals surface area contributed by atoms with Crippen LogP contribution in [0.4, 0.5) is 5.82 Å². The highest BCUT2D eigenvalue weighted by molar-refractivity contribution is 5.99. The van der Waals surface area contributed by atoms with Gasteiger partial charge in [-0.3, -0.25) is 9.59 Å². The molecule has 0 aliphatic heterocycles. The third kappa shape index (κ3) is 4.70. The first-order chi connectivity index (χ1) is 11.5. The van der Waals surface area contributed by atoms with Gasteiger partial charge in [0.15, 0.2) is 0 Å². The van der Waals surface area contributed by atoms with E-state index in [1.54, 1.807) is 30.5 Å². The lowest BCUT2D eigenvalue weighted by molar-refractivity contribution is -0.115. The topological polar surface area (TPSA) is 89.5 Å². The summed E-state index contributed by atoms with van der Waals surface area (Å²) in [4.78, 5) is 28.1. The summed E-state index contributed by atoms with van der Waals surface area (Å²) in [5.41, 5.74) is 1.32. The number of benzene rings is 1. The van der Waals surface area contributed by atoms with Crippen LogP contribution in [0.2, 0.25) is 0 Å². The molecule has 0 saturated heterocycles. The lowest BCUT2D eigenvalue weighted by Gasteiger charge is -2.09. The Kier molecular flexibility index (Phi) is 5.73. The zero-order valence-electron chi connectivity index (χ0n) is 13.8. The Hall–Kier alpha value is -3.09. The van der Waals surface area contributed by atoms with E-state index in [9.17, 15) is 9.59 Å². The normalized spacial score (nSPS) is 9.96. The first-order valence-corrected chi connectivity index (χ1v) is 7.25.